The van der Waals surface area contributed by atoms with Crippen LogP contribution in [0.5, 0.6) is 5.75 Å². The number of nitrogens with zero attached hydrogens (tertiary/aromatic N) is 3. The third-order valence-corrected chi connectivity index (χ3v) is 4.67. The number of aliphatic imine (C=N–C) groups is 2. The molecule has 1 aliphatic rings. The molecule has 1 aliphatic heterocycles. The highest BCUT2D eigenvalue weighted by Gasteiger charge is 2.14. The van der Waals surface area contributed by atoms with Crippen molar-refractivity contribution in [2.24, 2.45) is 9.98 Å². The number of amides is 1. The van der Waals surface area contributed by atoms with E-state index in [2.05, 4.69) is 20.6 Å². The van der Waals surface area contributed by atoms with Gasteiger partial charge in [-0.1, -0.05) is 17.6 Å². The van der Waals surface area contributed by atoms with E-state index in [1.54, 1.807) is 43.7 Å². The van der Waals surface area contributed by atoms with Crippen LogP contribution in [0.2, 0.25) is 0 Å². The normalized spacial score (nSPS) is 15.6. The molecule has 31 heavy (non-hydrogen) atoms. The molecule has 0 saturated carbocycles. The molecule has 2 radical (unpaired) electrons. The van der Waals surface area contributed by atoms with Crippen LogP contribution in [-0.4, -0.2) is 55.9 Å². The maximum Gasteiger partial charge on any atom is 0.252 e. The molecule has 0 saturated heterocycles. The fourth-order valence-corrected chi connectivity index (χ4v) is 3.11. The summed E-state index contributed by atoms with van der Waals surface area (Å²) in [5.41, 5.74) is 3.89. The third-order valence-electron chi connectivity index (χ3n) is 4.67. The van der Waals surface area contributed by atoms with Crippen LogP contribution in [0.3, 0.4) is 0 Å². The van der Waals surface area contributed by atoms with E-state index in [1.165, 1.54) is 6.20 Å². The number of carbonyl (C=O) groups is 1. The minimum absolute atomic E-state index is 0.143. The number of para-hydroxylation sites is 1. The van der Waals surface area contributed by atoms with Gasteiger partial charge in [-0.15, -0.1) is 0 Å². The fraction of sp³-hybridized carbons (Fsp3) is 0.217. The number of allylic oxidation sites excluding steroid dienone is 4. The van der Waals surface area contributed by atoms with E-state index < -0.39 is 0 Å². The number of nitrogens with one attached hydrogen (secondary N) is 2. The van der Waals surface area contributed by atoms with Gasteiger partial charge >= 0.3 is 0 Å². The standard InChI is InChI=1S/C23H24BN5O2/c1-25-15-19(24)20-9-8-17(13-21(29-20)18-6-2-3-7-22(18)30)27-11-12-28-23(31)16-5-4-10-26-14-16/h2-7,10,13-15,27,30H,8-9,11-12H2,1H3,(H,28,31)/b20-19-,25-15?. The fourth-order valence-electron chi connectivity index (χ4n) is 3.11. The van der Waals surface area contributed by atoms with Crippen molar-refractivity contribution in [3.05, 3.63) is 82.9 Å². The molecule has 0 unspecified atom stereocenters. The molecule has 1 aromatic heterocycles. The van der Waals surface area contributed by atoms with Crippen molar-refractivity contribution in [2.45, 2.75) is 12.8 Å². The van der Waals surface area contributed by atoms with Gasteiger partial charge in [0.15, 0.2) is 0 Å². The number of aromatic nitrogens is 1. The Hall–Kier alpha value is -3.68. The highest BCUT2D eigenvalue weighted by molar-refractivity contribution is 6.33. The number of hydrogen-bond acceptors (Lipinski definition) is 6. The van der Waals surface area contributed by atoms with E-state index in [-0.39, 0.29) is 11.7 Å². The van der Waals surface area contributed by atoms with E-state index >= 15 is 0 Å². The molecule has 0 spiro atoms. The van der Waals surface area contributed by atoms with Crippen molar-refractivity contribution in [1.29, 1.82) is 0 Å². The van der Waals surface area contributed by atoms with E-state index in [4.69, 9.17) is 12.8 Å². The van der Waals surface area contributed by atoms with Gasteiger partial charge in [-0.25, -0.2) is 0 Å². The third kappa shape index (κ3) is 6.15. The summed E-state index contributed by atoms with van der Waals surface area (Å²) >= 11 is 0. The molecule has 1 amide bonds. The van der Waals surface area contributed by atoms with Crippen LogP contribution in [0, 0.1) is 0 Å². The van der Waals surface area contributed by atoms with Crippen LogP contribution >= 0.6 is 0 Å². The Labute approximate surface area is 183 Å². The van der Waals surface area contributed by atoms with Crippen LogP contribution in [0.1, 0.15) is 28.8 Å². The van der Waals surface area contributed by atoms with Crippen LogP contribution in [-0.2, 0) is 0 Å². The molecule has 7 nitrogen and oxygen atoms in total. The Kier molecular flexibility index (Phi) is 7.76. The molecule has 0 bridgehead atoms. The molecule has 8 heteroatoms. The number of phenolic OH excluding ortho intramolecular Hbond substituents is 1. The Morgan fingerprint density at radius 3 is 2.81 bits per heavy atom. The topological polar surface area (TPSA) is 99.0 Å². The molecule has 0 atom stereocenters. The lowest BCUT2D eigenvalue weighted by molar-refractivity contribution is 0.0953. The van der Waals surface area contributed by atoms with Crippen molar-refractivity contribution < 1.29 is 9.90 Å². The first kappa shape index (κ1) is 22.0. The zero-order valence-corrected chi connectivity index (χ0v) is 17.4. The van der Waals surface area contributed by atoms with Gasteiger partial charge in [-0.3, -0.25) is 19.8 Å². The number of hydrogen-bond donors (Lipinski definition) is 3. The molecule has 2 heterocycles. The van der Waals surface area contributed by atoms with Gasteiger partial charge in [0.25, 0.3) is 5.91 Å². The molecular formula is C23H24BN5O2. The van der Waals surface area contributed by atoms with Gasteiger partial charge in [-0.2, -0.15) is 0 Å². The Morgan fingerprint density at radius 2 is 2.06 bits per heavy atom. The highest BCUT2D eigenvalue weighted by atomic mass is 16.3. The van der Waals surface area contributed by atoms with Gasteiger partial charge in [0.2, 0.25) is 0 Å². The summed E-state index contributed by atoms with van der Waals surface area (Å²) in [7, 11) is 7.78. The SMILES string of the molecule is [B]/C(C=NC)=C1/CCC(NCCNC(=O)c2cccnc2)=CC(c2ccccc2O)=N1. The number of benzene rings is 1. The van der Waals surface area contributed by atoms with Gasteiger partial charge in [0.05, 0.1) is 11.3 Å². The second-order valence-corrected chi connectivity index (χ2v) is 6.90. The zero-order valence-electron chi connectivity index (χ0n) is 17.4. The van der Waals surface area contributed by atoms with Gasteiger partial charge in [0, 0.05) is 55.7 Å². The second-order valence-electron chi connectivity index (χ2n) is 6.90. The van der Waals surface area contributed by atoms with Gasteiger partial charge in [-0.05, 0) is 43.2 Å². The highest BCUT2D eigenvalue weighted by Crippen LogP contribution is 2.24. The molecule has 1 aromatic carbocycles. The zero-order chi connectivity index (χ0) is 22.1. The minimum atomic E-state index is -0.168. The van der Waals surface area contributed by atoms with Crippen LogP contribution < -0.4 is 10.6 Å². The Morgan fingerprint density at radius 1 is 1.23 bits per heavy atom. The summed E-state index contributed by atoms with van der Waals surface area (Å²) in [5.74, 6) is -0.0254. The van der Waals surface area contributed by atoms with Gasteiger partial charge < -0.3 is 15.7 Å². The molecule has 2 aromatic rings. The number of pyridine rings is 1. The molecule has 0 fully saturated rings. The van der Waals surface area contributed by atoms with Crippen LogP contribution in [0.4, 0.5) is 0 Å². The molecule has 156 valence electrons. The predicted molar refractivity (Wildman–Crippen MR) is 124 cm³/mol. The van der Waals surface area contributed by atoms with Crippen molar-refractivity contribution >= 4 is 25.7 Å². The number of aromatic hydroxyl groups is 1. The van der Waals surface area contributed by atoms with E-state index in [0.717, 1.165) is 5.70 Å². The average Bonchev–Trinajstić information content (AvgIpc) is 3.00. The van der Waals surface area contributed by atoms with Crippen molar-refractivity contribution in [3.8, 4) is 5.75 Å². The van der Waals surface area contributed by atoms with Crippen LogP contribution in [0.15, 0.2) is 81.7 Å². The largest absolute Gasteiger partial charge is 0.507 e. The molecule has 3 rings (SSSR count). The summed E-state index contributed by atoms with van der Waals surface area (Å²) in [6, 6.07) is 10.5. The number of rotatable bonds is 7. The minimum Gasteiger partial charge on any atom is -0.507 e. The Bertz CT molecular complexity index is 1040. The monoisotopic (exact) mass is 413 g/mol. The second kappa shape index (κ2) is 10.9. The van der Waals surface area contributed by atoms with Crippen molar-refractivity contribution in [1.82, 2.24) is 15.6 Å². The molecular weight excluding hydrogens is 389 g/mol. The molecule has 0 aliphatic carbocycles. The summed E-state index contributed by atoms with van der Waals surface area (Å²) in [4.78, 5) is 24.8. The summed E-state index contributed by atoms with van der Waals surface area (Å²) in [6.07, 6.45) is 7.95. The maximum atomic E-state index is 12.1. The summed E-state index contributed by atoms with van der Waals surface area (Å²) < 4.78 is 0. The van der Waals surface area contributed by atoms with Crippen molar-refractivity contribution in [2.75, 3.05) is 20.1 Å². The number of phenols is 1. The summed E-state index contributed by atoms with van der Waals surface area (Å²) in [5, 5.41) is 16.5. The van der Waals surface area contributed by atoms with E-state index in [1.807, 2.05) is 18.2 Å². The quantitative estimate of drug-likeness (QED) is 0.369. The van der Waals surface area contributed by atoms with Crippen LogP contribution in [0.25, 0.3) is 0 Å². The lowest BCUT2D eigenvalue weighted by Gasteiger charge is -2.11. The smallest absolute Gasteiger partial charge is 0.252 e. The first-order valence-electron chi connectivity index (χ1n) is 9.99. The van der Waals surface area contributed by atoms with Gasteiger partial charge in [0.1, 0.15) is 13.6 Å². The predicted octanol–water partition coefficient (Wildman–Crippen LogP) is 2.35. The lowest BCUT2D eigenvalue weighted by Crippen LogP contribution is -2.31. The summed E-state index contributed by atoms with van der Waals surface area (Å²) in [6.45, 7) is 0.984. The maximum absolute atomic E-state index is 12.1. The van der Waals surface area contributed by atoms with Crippen molar-refractivity contribution in [3.63, 3.8) is 0 Å². The first-order valence-corrected chi connectivity index (χ1v) is 9.99. The van der Waals surface area contributed by atoms with E-state index in [0.29, 0.717) is 53.9 Å². The number of carbonyl (C=O) groups excluding carboxylic acids is 1. The Balaban J connectivity index is 1.71. The average molecular weight is 413 g/mol. The molecule has 3 N–H and O–H groups in total. The van der Waals surface area contributed by atoms with E-state index in [9.17, 15) is 9.90 Å². The lowest BCUT2D eigenvalue weighted by atomic mass is 9.93. The first-order chi connectivity index (χ1) is 15.1.